The number of hydrogen-bond donors (Lipinski definition) is 2. The second-order valence-electron chi connectivity index (χ2n) is 5.61. The van der Waals surface area contributed by atoms with Crippen molar-refractivity contribution in [3.8, 4) is 0 Å². The molecule has 2 aliphatic rings. The van der Waals surface area contributed by atoms with Crippen LogP contribution in [-0.2, 0) is 11.2 Å². The summed E-state index contributed by atoms with van der Waals surface area (Å²) in [5, 5.41) is 6.26. The zero-order chi connectivity index (χ0) is 13.4. The first-order valence-electron chi connectivity index (χ1n) is 6.95. The van der Waals surface area contributed by atoms with E-state index in [9.17, 15) is 9.18 Å². The van der Waals surface area contributed by atoms with Gasteiger partial charge < -0.3 is 10.6 Å². The molecule has 0 saturated carbocycles. The van der Waals surface area contributed by atoms with Crippen LogP contribution in [0.25, 0.3) is 0 Å². The van der Waals surface area contributed by atoms with Gasteiger partial charge in [-0.1, -0.05) is 19.1 Å². The van der Waals surface area contributed by atoms with E-state index in [1.807, 2.05) is 13.0 Å². The predicted octanol–water partition coefficient (Wildman–Crippen LogP) is 2.21. The van der Waals surface area contributed by atoms with Crippen molar-refractivity contribution < 1.29 is 9.18 Å². The third-order valence-electron chi connectivity index (χ3n) is 4.46. The second-order valence-corrected chi connectivity index (χ2v) is 5.61. The largest absolute Gasteiger partial charge is 0.349 e. The summed E-state index contributed by atoms with van der Waals surface area (Å²) in [6.07, 6.45) is 1.52. The monoisotopic (exact) mass is 298 g/mol. The molecule has 1 saturated heterocycles. The van der Waals surface area contributed by atoms with Gasteiger partial charge >= 0.3 is 0 Å². The Kier molecular flexibility index (Phi) is 4.66. The van der Waals surface area contributed by atoms with Gasteiger partial charge in [-0.25, -0.2) is 4.39 Å². The predicted molar refractivity (Wildman–Crippen MR) is 78.4 cm³/mol. The molecule has 0 aromatic heterocycles. The van der Waals surface area contributed by atoms with Gasteiger partial charge in [-0.3, -0.25) is 4.79 Å². The summed E-state index contributed by atoms with van der Waals surface area (Å²) in [4.78, 5) is 12.2. The molecule has 3 rings (SSSR count). The van der Waals surface area contributed by atoms with Crippen LogP contribution in [0.5, 0.6) is 0 Å². The molecule has 2 N–H and O–H groups in total. The van der Waals surface area contributed by atoms with Gasteiger partial charge in [0.15, 0.2) is 0 Å². The summed E-state index contributed by atoms with van der Waals surface area (Å²) in [6.45, 7) is 3.82. The van der Waals surface area contributed by atoms with Gasteiger partial charge in [-0.05, 0) is 49.0 Å². The molecule has 1 amide bonds. The first-order chi connectivity index (χ1) is 9.16. The molecule has 20 heavy (non-hydrogen) atoms. The van der Waals surface area contributed by atoms with Gasteiger partial charge in [-0.2, -0.15) is 0 Å². The molecule has 1 aromatic rings. The first-order valence-corrected chi connectivity index (χ1v) is 6.95. The SMILES string of the molecule is CC(C(=O)NC1CCc2c(F)cccc21)C1CNC1.Cl. The maximum Gasteiger partial charge on any atom is 0.223 e. The van der Waals surface area contributed by atoms with Crippen molar-refractivity contribution in [3.05, 3.63) is 35.1 Å². The average molecular weight is 299 g/mol. The highest BCUT2D eigenvalue weighted by molar-refractivity contribution is 5.85. The van der Waals surface area contributed by atoms with Crippen LogP contribution in [-0.4, -0.2) is 19.0 Å². The minimum Gasteiger partial charge on any atom is -0.349 e. The van der Waals surface area contributed by atoms with E-state index < -0.39 is 0 Å². The Labute approximate surface area is 124 Å². The lowest BCUT2D eigenvalue weighted by molar-refractivity contribution is -0.127. The Morgan fingerprint density at radius 3 is 2.85 bits per heavy atom. The fourth-order valence-corrected chi connectivity index (χ4v) is 2.94. The first kappa shape index (κ1) is 15.3. The van der Waals surface area contributed by atoms with E-state index in [0.29, 0.717) is 12.3 Å². The number of nitrogens with one attached hydrogen (secondary N) is 2. The molecule has 0 bridgehead atoms. The minimum absolute atomic E-state index is 0. The van der Waals surface area contributed by atoms with Gasteiger partial charge in [0.2, 0.25) is 5.91 Å². The topological polar surface area (TPSA) is 41.1 Å². The van der Waals surface area contributed by atoms with Gasteiger partial charge in [-0.15, -0.1) is 12.4 Å². The van der Waals surface area contributed by atoms with Gasteiger partial charge in [0.05, 0.1) is 6.04 Å². The lowest BCUT2D eigenvalue weighted by Gasteiger charge is -2.32. The van der Waals surface area contributed by atoms with Crippen molar-refractivity contribution >= 4 is 18.3 Å². The average Bonchev–Trinajstić information content (AvgIpc) is 2.72. The van der Waals surface area contributed by atoms with Crippen LogP contribution in [0.1, 0.15) is 30.5 Å². The van der Waals surface area contributed by atoms with E-state index in [4.69, 9.17) is 0 Å². The van der Waals surface area contributed by atoms with Crippen LogP contribution in [0.15, 0.2) is 18.2 Å². The Balaban J connectivity index is 0.00000147. The molecule has 3 nitrogen and oxygen atoms in total. The van der Waals surface area contributed by atoms with Crippen molar-refractivity contribution in [1.82, 2.24) is 10.6 Å². The third-order valence-corrected chi connectivity index (χ3v) is 4.46. The smallest absolute Gasteiger partial charge is 0.223 e. The number of rotatable bonds is 3. The maximum absolute atomic E-state index is 13.6. The third kappa shape index (κ3) is 2.67. The van der Waals surface area contributed by atoms with Crippen LogP contribution in [0.4, 0.5) is 4.39 Å². The van der Waals surface area contributed by atoms with E-state index in [1.54, 1.807) is 6.07 Å². The number of benzene rings is 1. The van der Waals surface area contributed by atoms with E-state index in [2.05, 4.69) is 10.6 Å². The van der Waals surface area contributed by atoms with Crippen LogP contribution in [0, 0.1) is 17.7 Å². The fraction of sp³-hybridized carbons (Fsp3) is 0.533. The van der Waals surface area contributed by atoms with Gasteiger partial charge in [0.25, 0.3) is 0 Å². The molecule has 1 aromatic carbocycles. The number of carbonyl (C=O) groups excluding carboxylic acids is 1. The highest BCUT2D eigenvalue weighted by Crippen LogP contribution is 2.33. The summed E-state index contributed by atoms with van der Waals surface area (Å²) >= 11 is 0. The zero-order valence-electron chi connectivity index (χ0n) is 11.5. The Bertz CT molecular complexity index is 505. The van der Waals surface area contributed by atoms with Crippen LogP contribution in [0.2, 0.25) is 0 Å². The molecular weight excluding hydrogens is 279 g/mol. The Hall–Kier alpha value is -1.13. The van der Waals surface area contributed by atoms with Crippen molar-refractivity contribution in [2.45, 2.75) is 25.8 Å². The normalized spacial score (nSPS) is 22.4. The molecule has 2 atom stereocenters. The molecule has 110 valence electrons. The molecule has 0 spiro atoms. The molecule has 5 heteroatoms. The minimum atomic E-state index is -0.148. The molecule has 1 aliphatic heterocycles. The molecule has 0 radical (unpaired) electrons. The summed E-state index contributed by atoms with van der Waals surface area (Å²) < 4.78 is 13.6. The number of fused-ring (bicyclic) bond motifs is 1. The lowest BCUT2D eigenvalue weighted by Crippen LogP contribution is -2.49. The number of amides is 1. The number of hydrogen-bond acceptors (Lipinski definition) is 2. The van der Waals surface area contributed by atoms with Gasteiger partial charge in [0.1, 0.15) is 5.82 Å². The van der Waals surface area contributed by atoms with Gasteiger partial charge in [0, 0.05) is 5.92 Å². The van der Waals surface area contributed by atoms with Crippen molar-refractivity contribution in [2.24, 2.45) is 11.8 Å². The Morgan fingerprint density at radius 2 is 2.20 bits per heavy atom. The van der Waals surface area contributed by atoms with E-state index >= 15 is 0 Å². The molecule has 2 unspecified atom stereocenters. The van der Waals surface area contributed by atoms with Crippen molar-refractivity contribution in [2.75, 3.05) is 13.1 Å². The molecule has 1 heterocycles. The second kappa shape index (κ2) is 6.10. The van der Waals surface area contributed by atoms with E-state index in [1.165, 1.54) is 6.07 Å². The highest BCUT2D eigenvalue weighted by Gasteiger charge is 2.32. The maximum atomic E-state index is 13.6. The fourth-order valence-electron chi connectivity index (χ4n) is 2.94. The summed E-state index contributed by atoms with van der Waals surface area (Å²) in [5.74, 6) is 0.409. The van der Waals surface area contributed by atoms with Crippen LogP contribution in [0.3, 0.4) is 0 Å². The van der Waals surface area contributed by atoms with Crippen LogP contribution < -0.4 is 10.6 Å². The standard InChI is InChI=1S/C15H19FN2O.ClH/c1-9(10-7-17-8-10)15(19)18-14-6-5-11-12(14)3-2-4-13(11)16;/h2-4,9-10,14,17H,5-8H2,1H3,(H,18,19);1H. The summed E-state index contributed by atoms with van der Waals surface area (Å²) in [7, 11) is 0. The summed E-state index contributed by atoms with van der Waals surface area (Å²) in [5.41, 5.74) is 1.72. The van der Waals surface area contributed by atoms with Crippen molar-refractivity contribution in [3.63, 3.8) is 0 Å². The highest BCUT2D eigenvalue weighted by atomic mass is 35.5. The molecular formula is C15H20ClFN2O. The van der Waals surface area contributed by atoms with Crippen molar-refractivity contribution in [1.29, 1.82) is 0 Å². The zero-order valence-corrected chi connectivity index (χ0v) is 12.3. The molecule has 1 aliphatic carbocycles. The number of carbonyl (C=O) groups is 1. The lowest BCUT2D eigenvalue weighted by atomic mass is 9.88. The summed E-state index contributed by atoms with van der Waals surface area (Å²) in [6, 6.07) is 5.11. The number of halogens is 2. The quantitative estimate of drug-likeness (QED) is 0.898. The van der Waals surface area contributed by atoms with E-state index in [-0.39, 0.29) is 36.1 Å². The molecule has 1 fully saturated rings. The van der Waals surface area contributed by atoms with E-state index in [0.717, 1.165) is 30.6 Å². The van der Waals surface area contributed by atoms with Crippen LogP contribution >= 0.6 is 12.4 Å². The Morgan fingerprint density at radius 1 is 1.45 bits per heavy atom.